The van der Waals surface area contributed by atoms with Gasteiger partial charge in [0.2, 0.25) is 28.8 Å². The van der Waals surface area contributed by atoms with Crippen LogP contribution in [0.2, 0.25) is 0 Å². The standard InChI is InChI=1S/C44H72N8O9S2/c1-14-28(4)37(50(10)35(54)24-45-41(57)36(27(2)3)51(11)43(58)61-25-44(7,8)63-62-42-48-46-26-49(42)9)33(59-12)23-34(53)52-22-18-21-32(52)39(60-13)29(5)40(56)47-30(6)38(55)31-19-16-15-17-20-31/h15-17,19-20,26-30,32-33,36-39,55H,14,18,21-25H2,1-13H3,(H,45,57)(H,47,56). The Morgan fingerprint density at radius 2 is 1.67 bits per heavy atom. The lowest BCUT2D eigenvalue weighted by atomic mass is 9.90. The third-order valence-corrected chi connectivity index (χ3v) is 15.1. The molecule has 1 aliphatic heterocycles. The van der Waals surface area contributed by atoms with E-state index in [1.807, 2.05) is 66.8 Å². The number of rotatable bonds is 24. The molecule has 1 fully saturated rings. The predicted molar refractivity (Wildman–Crippen MR) is 244 cm³/mol. The van der Waals surface area contributed by atoms with Gasteiger partial charge in [-0.2, -0.15) is 0 Å². The van der Waals surface area contributed by atoms with Gasteiger partial charge in [0.05, 0.1) is 60.1 Å². The van der Waals surface area contributed by atoms with E-state index in [0.717, 1.165) is 6.42 Å². The zero-order valence-corrected chi connectivity index (χ0v) is 41.0. The Morgan fingerprint density at radius 1 is 1.00 bits per heavy atom. The van der Waals surface area contributed by atoms with Crippen molar-refractivity contribution in [3.05, 3.63) is 42.2 Å². The molecule has 2 heterocycles. The minimum atomic E-state index is -0.920. The van der Waals surface area contributed by atoms with Crippen molar-refractivity contribution in [3.63, 3.8) is 0 Å². The highest BCUT2D eigenvalue weighted by Crippen LogP contribution is 2.40. The summed E-state index contributed by atoms with van der Waals surface area (Å²) in [6.07, 6.45) is 0.754. The number of amides is 5. The maximum absolute atomic E-state index is 14.2. The van der Waals surface area contributed by atoms with E-state index in [1.54, 1.807) is 48.8 Å². The molecule has 5 amide bonds. The van der Waals surface area contributed by atoms with Crippen LogP contribution in [0.4, 0.5) is 4.79 Å². The summed E-state index contributed by atoms with van der Waals surface area (Å²) >= 11 is 0. The molecule has 0 radical (unpaired) electrons. The second-order valence-corrected chi connectivity index (χ2v) is 20.3. The molecule has 0 saturated carbocycles. The average molecular weight is 921 g/mol. The number of methoxy groups -OCH3 is 2. The van der Waals surface area contributed by atoms with Gasteiger partial charge in [0.15, 0.2) is 0 Å². The normalized spacial score (nSPS) is 18.1. The van der Waals surface area contributed by atoms with Crippen LogP contribution >= 0.6 is 21.6 Å². The van der Waals surface area contributed by atoms with Gasteiger partial charge in [-0.05, 0) is 61.8 Å². The minimum absolute atomic E-state index is 0.0279. The maximum Gasteiger partial charge on any atom is 0.410 e. The van der Waals surface area contributed by atoms with Gasteiger partial charge in [-0.3, -0.25) is 24.1 Å². The summed E-state index contributed by atoms with van der Waals surface area (Å²) in [5, 5.41) is 25.2. The molecule has 19 heteroatoms. The minimum Gasteiger partial charge on any atom is -0.448 e. The number of nitrogens with zero attached hydrogens (tertiary/aromatic N) is 6. The van der Waals surface area contributed by atoms with Crippen LogP contribution in [0.25, 0.3) is 0 Å². The molecular formula is C44H72N8O9S2. The maximum atomic E-state index is 14.2. The van der Waals surface area contributed by atoms with Crippen LogP contribution in [0, 0.1) is 17.8 Å². The molecule has 2 aromatic rings. The second kappa shape index (κ2) is 25.0. The number of carbonyl (C=O) groups is 5. The lowest BCUT2D eigenvalue weighted by Crippen LogP contribution is -2.56. The van der Waals surface area contributed by atoms with Crippen LogP contribution < -0.4 is 10.6 Å². The van der Waals surface area contributed by atoms with Crippen LogP contribution in [-0.2, 0) is 40.4 Å². The zero-order chi connectivity index (χ0) is 47.2. The Bertz CT molecular complexity index is 1790. The Hall–Kier alpha value is -3.91. The van der Waals surface area contributed by atoms with Gasteiger partial charge in [0, 0.05) is 41.9 Å². The van der Waals surface area contributed by atoms with Gasteiger partial charge in [-0.25, -0.2) is 4.79 Å². The first-order valence-electron chi connectivity index (χ1n) is 21.7. The molecular weight excluding hydrogens is 849 g/mol. The molecule has 354 valence electrons. The number of hydrogen-bond acceptors (Lipinski definition) is 13. The predicted octanol–water partition coefficient (Wildman–Crippen LogP) is 4.70. The summed E-state index contributed by atoms with van der Waals surface area (Å²) in [6.45, 7) is 15.2. The fraction of sp³-hybridized carbons (Fsp3) is 0.705. The molecule has 0 bridgehead atoms. The number of aromatic nitrogens is 3. The highest BCUT2D eigenvalue weighted by Gasteiger charge is 2.42. The van der Waals surface area contributed by atoms with E-state index in [-0.39, 0.29) is 55.2 Å². The fourth-order valence-electron chi connectivity index (χ4n) is 7.99. The number of aryl methyl sites for hydroxylation is 1. The van der Waals surface area contributed by atoms with Crippen molar-refractivity contribution in [1.29, 1.82) is 0 Å². The van der Waals surface area contributed by atoms with Crippen LogP contribution in [0.5, 0.6) is 0 Å². The van der Waals surface area contributed by atoms with E-state index in [9.17, 15) is 29.1 Å². The third-order valence-electron chi connectivity index (χ3n) is 11.9. The number of aliphatic hydroxyl groups is 1. The number of carbonyl (C=O) groups excluding carboxylic acids is 5. The third kappa shape index (κ3) is 14.8. The first-order valence-corrected chi connectivity index (χ1v) is 23.8. The van der Waals surface area contributed by atoms with Crippen LogP contribution in [-0.4, -0.2) is 153 Å². The summed E-state index contributed by atoms with van der Waals surface area (Å²) in [6, 6.07) is 6.74. The Kier molecular flexibility index (Phi) is 21.2. The average Bonchev–Trinajstić information content (AvgIpc) is 3.92. The number of hydrogen-bond donors (Lipinski definition) is 3. The van der Waals surface area contributed by atoms with Gasteiger partial charge in [-0.1, -0.05) is 82.2 Å². The highest BCUT2D eigenvalue weighted by molar-refractivity contribution is 8.77. The molecule has 1 aliphatic rings. The molecule has 0 spiro atoms. The second-order valence-electron chi connectivity index (χ2n) is 17.5. The van der Waals surface area contributed by atoms with Gasteiger partial charge in [-0.15, -0.1) is 10.2 Å². The summed E-state index contributed by atoms with van der Waals surface area (Å²) in [5.74, 6) is -2.40. The number of likely N-dealkylation sites (N-methyl/N-ethyl adjacent to an activating group) is 2. The van der Waals surface area contributed by atoms with Crippen molar-refractivity contribution < 1.29 is 43.3 Å². The Balaban J connectivity index is 1.63. The number of likely N-dealkylation sites (tertiary alicyclic amines) is 1. The summed E-state index contributed by atoms with van der Waals surface area (Å²) in [5.41, 5.74) is 0.692. The molecule has 1 aromatic carbocycles. The van der Waals surface area contributed by atoms with Gasteiger partial charge in [0.1, 0.15) is 19.0 Å². The first kappa shape index (κ1) is 53.4. The molecule has 9 atom stereocenters. The van der Waals surface area contributed by atoms with Crippen LogP contribution in [0.3, 0.4) is 0 Å². The SMILES string of the molecule is CCC(C)C(C(CC(=O)N1CCCC1C(OC)C(C)C(=O)NC(C)C(O)c1ccccc1)OC)N(C)C(=O)CNC(=O)C(C(C)C)N(C)C(=O)OCC(C)(C)SSc1nncn1C. The number of aliphatic hydroxyl groups excluding tert-OH is 1. The lowest BCUT2D eigenvalue weighted by Gasteiger charge is -2.39. The molecule has 17 nitrogen and oxygen atoms in total. The van der Waals surface area contributed by atoms with Crippen molar-refractivity contribution in [2.24, 2.45) is 24.8 Å². The topological polar surface area (TPSA) is 198 Å². The van der Waals surface area contributed by atoms with E-state index in [4.69, 9.17) is 14.2 Å². The van der Waals surface area contributed by atoms with E-state index in [1.165, 1.54) is 52.7 Å². The van der Waals surface area contributed by atoms with Crippen molar-refractivity contribution in [2.45, 2.75) is 133 Å². The fourth-order valence-corrected chi connectivity index (χ4v) is 10.1. The summed E-state index contributed by atoms with van der Waals surface area (Å²) in [4.78, 5) is 72.9. The largest absolute Gasteiger partial charge is 0.448 e. The number of ether oxygens (including phenoxy) is 3. The van der Waals surface area contributed by atoms with Gasteiger partial charge < -0.3 is 44.3 Å². The van der Waals surface area contributed by atoms with Crippen molar-refractivity contribution >= 4 is 51.3 Å². The van der Waals surface area contributed by atoms with Crippen molar-refractivity contribution in [2.75, 3.05) is 48.0 Å². The molecule has 3 N–H and O–H groups in total. The summed E-state index contributed by atoms with van der Waals surface area (Å²) < 4.78 is 18.8. The van der Waals surface area contributed by atoms with E-state index in [2.05, 4.69) is 20.8 Å². The van der Waals surface area contributed by atoms with Crippen molar-refractivity contribution in [3.8, 4) is 0 Å². The molecule has 0 aliphatic carbocycles. The molecule has 9 unspecified atom stereocenters. The Labute approximate surface area is 381 Å². The Morgan fingerprint density at radius 3 is 2.24 bits per heavy atom. The zero-order valence-electron chi connectivity index (χ0n) is 39.4. The van der Waals surface area contributed by atoms with E-state index in [0.29, 0.717) is 30.1 Å². The first-order chi connectivity index (χ1) is 29.7. The highest BCUT2D eigenvalue weighted by atomic mass is 33.1. The van der Waals surface area contributed by atoms with Crippen LogP contribution in [0.1, 0.15) is 92.7 Å². The van der Waals surface area contributed by atoms with Crippen molar-refractivity contribution in [1.82, 2.24) is 40.1 Å². The lowest BCUT2D eigenvalue weighted by molar-refractivity contribution is -0.146. The van der Waals surface area contributed by atoms with E-state index < -0.39 is 59.1 Å². The molecule has 1 saturated heterocycles. The van der Waals surface area contributed by atoms with E-state index >= 15 is 0 Å². The molecule has 3 rings (SSSR count). The molecule has 63 heavy (non-hydrogen) atoms. The summed E-state index contributed by atoms with van der Waals surface area (Å²) in [7, 11) is 10.9. The van der Waals surface area contributed by atoms with Crippen LogP contribution in [0.15, 0.2) is 41.8 Å². The quantitative estimate of drug-likeness (QED) is 0.123. The number of nitrogens with one attached hydrogen (secondary N) is 2. The van der Waals surface area contributed by atoms with Gasteiger partial charge >= 0.3 is 6.09 Å². The van der Waals surface area contributed by atoms with Gasteiger partial charge in [0.25, 0.3) is 0 Å². The number of benzene rings is 1. The molecule has 1 aromatic heterocycles. The smallest absolute Gasteiger partial charge is 0.410 e. The monoisotopic (exact) mass is 920 g/mol.